The summed E-state index contributed by atoms with van der Waals surface area (Å²) in [7, 11) is 0. The van der Waals surface area contributed by atoms with Gasteiger partial charge in [0.2, 0.25) is 0 Å². The molecule has 4 heteroatoms. The molecule has 0 aliphatic rings. The van der Waals surface area contributed by atoms with Crippen molar-refractivity contribution < 1.29 is 4.79 Å². The molecule has 0 bridgehead atoms. The van der Waals surface area contributed by atoms with Gasteiger partial charge in [-0.2, -0.15) is 5.26 Å². The third-order valence-electron chi connectivity index (χ3n) is 3.12. The number of amides is 1. The van der Waals surface area contributed by atoms with Crippen LogP contribution in [0.2, 0.25) is 0 Å². The zero-order chi connectivity index (χ0) is 15.2. The highest BCUT2D eigenvalue weighted by Crippen LogP contribution is 2.23. The van der Waals surface area contributed by atoms with Crippen molar-refractivity contribution >= 4 is 27.5 Å². The zero-order valence-corrected chi connectivity index (χ0v) is 13.3. The summed E-state index contributed by atoms with van der Waals surface area (Å²) in [5, 5.41) is 8.81. The molecular weight excluding hydrogens is 328 g/mol. The third kappa shape index (κ3) is 3.71. The standard InChI is InChI=1S/C17H15BrN2O/c1-13-8-9-15(16(18)12-13)17(21)20(11-5-10-19)14-6-3-2-4-7-14/h2-4,6-9,12H,5,11H2,1H3. The summed E-state index contributed by atoms with van der Waals surface area (Å²) >= 11 is 3.44. The molecule has 21 heavy (non-hydrogen) atoms. The van der Waals surface area contributed by atoms with Crippen molar-refractivity contribution in [1.29, 1.82) is 5.26 Å². The van der Waals surface area contributed by atoms with E-state index in [0.717, 1.165) is 15.7 Å². The fourth-order valence-electron chi connectivity index (χ4n) is 2.06. The second kappa shape index (κ2) is 7.05. The minimum Gasteiger partial charge on any atom is -0.307 e. The Balaban J connectivity index is 2.37. The Hall–Kier alpha value is -2.12. The lowest BCUT2D eigenvalue weighted by molar-refractivity contribution is 0.0986. The predicted octanol–water partition coefficient (Wildman–Crippen LogP) is 4.32. The Morgan fingerprint density at radius 2 is 1.95 bits per heavy atom. The summed E-state index contributed by atoms with van der Waals surface area (Å²) in [6, 6.07) is 17.1. The van der Waals surface area contributed by atoms with E-state index in [1.165, 1.54) is 0 Å². The molecule has 0 radical (unpaired) electrons. The lowest BCUT2D eigenvalue weighted by atomic mass is 10.1. The highest BCUT2D eigenvalue weighted by atomic mass is 79.9. The first-order valence-corrected chi connectivity index (χ1v) is 7.43. The summed E-state index contributed by atoms with van der Waals surface area (Å²) < 4.78 is 0.769. The van der Waals surface area contributed by atoms with Gasteiger partial charge >= 0.3 is 0 Å². The molecule has 0 heterocycles. The van der Waals surface area contributed by atoms with Crippen LogP contribution in [-0.4, -0.2) is 12.5 Å². The zero-order valence-electron chi connectivity index (χ0n) is 11.7. The number of nitriles is 1. The van der Waals surface area contributed by atoms with E-state index in [1.54, 1.807) is 4.90 Å². The normalized spacial score (nSPS) is 9.95. The van der Waals surface area contributed by atoms with E-state index in [0.29, 0.717) is 18.5 Å². The van der Waals surface area contributed by atoms with Crippen LogP contribution in [0.4, 0.5) is 5.69 Å². The Labute approximate surface area is 132 Å². The average molecular weight is 343 g/mol. The lowest BCUT2D eigenvalue weighted by Gasteiger charge is -2.22. The van der Waals surface area contributed by atoms with E-state index < -0.39 is 0 Å². The molecule has 0 saturated heterocycles. The molecule has 3 nitrogen and oxygen atoms in total. The first kappa shape index (κ1) is 15.3. The van der Waals surface area contributed by atoms with Crippen molar-refractivity contribution in [3.63, 3.8) is 0 Å². The largest absolute Gasteiger partial charge is 0.307 e. The Morgan fingerprint density at radius 3 is 2.57 bits per heavy atom. The molecule has 1 amide bonds. The fraction of sp³-hybridized carbons (Fsp3) is 0.176. The molecule has 0 saturated carbocycles. The quantitative estimate of drug-likeness (QED) is 0.830. The SMILES string of the molecule is Cc1ccc(C(=O)N(CCC#N)c2ccccc2)c(Br)c1. The number of halogens is 1. The van der Waals surface area contributed by atoms with Crippen LogP contribution >= 0.6 is 15.9 Å². The van der Waals surface area contributed by atoms with Gasteiger partial charge in [-0.25, -0.2) is 0 Å². The molecule has 0 aliphatic carbocycles. The maximum absolute atomic E-state index is 12.8. The summed E-state index contributed by atoms with van der Waals surface area (Å²) in [5.74, 6) is -0.108. The van der Waals surface area contributed by atoms with Crippen LogP contribution in [0.5, 0.6) is 0 Å². The molecular formula is C17H15BrN2O. The van der Waals surface area contributed by atoms with Gasteiger partial charge in [-0.3, -0.25) is 4.79 Å². The molecule has 2 aromatic carbocycles. The van der Waals surface area contributed by atoms with Crippen LogP contribution < -0.4 is 4.90 Å². The van der Waals surface area contributed by atoms with Crippen molar-refractivity contribution in [3.05, 3.63) is 64.1 Å². The second-order valence-corrected chi connectivity index (χ2v) is 5.54. The monoisotopic (exact) mass is 342 g/mol. The van der Waals surface area contributed by atoms with Gasteiger partial charge in [-0.1, -0.05) is 24.3 Å². The van der Waals surface area contributed by atoms with Crippen LogP contribution in [0.25, 0.3) is 0 Å². The number of hydrogen-bond acceptors (Lipinski definition) is 2. The van der Waals surface area contributed by atoms with Gasteiger partial charge in [-0.05, 0) is 52.7 Å². The molecule has 0 aromatic heterocycles. The fourth-order valence-corrected chi connectivity index (χ4v) is 2.72. The number of anilines is 1. The number of hydrogen-bond donors (Lipinski definition) is 0. The Morgan fingerprint density at radius 1 is 1.24 bits per heavy atom. The number of aryl methyl sites for hydroxylation is 1. The molecule has 2 aromatic rings. The van der Waals surface area contributed by atoms with Gasteiger partial charge < -0.3 is 4.90 Å². The smallest absolute Gasteiger partial charge is 0.259 e. The number of para-hydroxylation sites is 1. The van der Waals surface area contributed by atoms with Crippen molar-refractivity contribution in [2.24, 2.45) is 0 Å². The minimum absolute atomic E-state index is 0.108. The van der Waals surface area contributed by atoms with E-state index in [-0.39, 0.29) is 5.91 Å². The predicted molar refractivity (Wildman–Crippen MR) is 87.2 cm³/mol. The number of benzene rings is 2. The van der Waals surface area contributed by atoms with Crippen molar-refractivity contribution in [3.8, 4) is 6.07 Å². The topological polar surface area (TPSA) is 44.1 Å². The summed E-state index contributed by atoms with van der Waals surface area (Å²) in [6.45, 7) is 2.35. The maximum Gasteiger partial charge on any atom is 0.259 e. The van der Waals surface area contributed by atoms with E-state index in [1.807, 2.05) is 55.5 Å². The van der Waals surface area contributed by atoms with Gasteiger partial charge in [0.1, 0.15) is 0 Å². The van der Waals surface area contributed by atoms with E-state index in [4.69, 9.17) is 5.26 Å². The maximum atomic E-state index is 12.8. The number of carbonyl (C=O) groups excluding carboxylic acids is 1. The van der Waals surface area contributed by atoms with E-state index in [9.17, 15) is 4.79 Å². The van der Waals surface area contributed by atoms with Gasteiger partial charge in [0.15, 0.2) is 0 Å². The van der Waals surface area contributed by atoms with E-state index in [2.05, 4.69) is 22.0 Å². The molecule has 0 spiro atoms. The van der Waals surface area contributed by atoms with Gasteiger partial charge in [-0.15, -0.1) is 0 Å². The Bertz CT molecular complexity index is 677. The first-order valence-electron chi connectivity index (χ1n) is 6.63. The highest BCUT2D eigenvalue weighted by molar-refractivity contribution is 9.10. The number of carbonyl (C=O) groups is 1. The Kier molecular flexibility index (Phi) is 5.13. The van der Waals surface area contributed by atoms with Crippen LogP contribution in [0.1, 0.15) is 22.3 Å². The molecule has 0 N–H and O–H groups in total. The molecule has 0 fully saturated rings. The second-order valence-electron chi connectivity index (χ2n) is 4.68. The summed E-state index contributed by atoms with van der Waals surface area (Å²) in [5.41, 5.74) is 2.48. The lowest BCUT2D eigenvalue weighted by Crippen LogP contribution is -2.32. The van der Waals surface area contributed by atoms with Crippen LogP contribution in [-0.2, 0) is 0 Å². The minimum atomic E-state index is -0.108. The summed E-state index contributed by atoms with van der Waals surface area (Å²) in [4.78, 5) is 14.4. The highest BCUT2D eigenvalue weighted by Gasteiger charge is 2.19. The average Bonchev–Trinajstić information content (AvgIpc) is 2.48. The first-order chi connectivity index (χ1) is 10.1. The molecule has 106 valence electrons. The van der Waals surface area contributed by atoms with Crippen molar-refractivity contribution in [1.82, 2.24) is 0 Å². The van der Waals surface area contributed by atoms with Crippen LogP contribution in [0.3, 0.4) is 0 Å². The number of rotatable bonds is 4. The summed E-state index contributed by atoms with van der Waals surface area (Å²) in [6.07, 6.45) is 0.296. The van der Waals surface area contributed by atoms with Gasteiger partial charge in [0.25, 0.3) is 5.91 Å². The molecule has 0 aliphatic heterocycles. The van der Waals surface area contributed by atoms with E-state index >= 15 is 0 Å². The molecule has 2 rings (SSSR count). The van der Waals surface area contributed by atoms with Crippen LogP contribution in [0.15, 0.2) is 53.0 Å². The third-order valence-corrected chi connectivity index (χ3v) is 3.77. The van der Waals surface area contributed by atoms with Crippen molar-refractivity contribution in [2.75, 3.05) is 11.4 Å². The van der Waals surface area contributed by atoms with Crippen molar-refractivity contribution in [2.45, 2.75) is 13.3 Å². The number of nitrogens with zero attached hydrogens (tertiary/aromatic N) is 2. The molecule has 0 atom stereocenters. The van der Waals surface area contributed by atoms with Gasteiger partial charge in [0, 0.05) is 16.7 Å². The molecule has 0 unspecified atom stereocenters. The van der Waals surface area contributed by atoms with Gasteiger partial charge in [0.05, 0.1) is 18.1 Å². The van der Waals surface area contributed by atoms with Crippen LogP contribution in [0, 0.1) is 18.3 Å².